The van der Waals surface area contributed by atoms with Gasteiger partial charge in [0, 0.05) is 0 Å². The Bertz CT molecular complexity index is 670. The Kier molecular flexibility index (Phi) is 5.50. The van der Waals surface area contributed by atoms with E-state index in [-0.39, 0.29) is 11.9 Å². The van der Waals surface area contributed by atoms with Gasteiger partial charge in [-0.25, -0.2) is 4.39 Å². The number of nitrogens with one attached hydrogen (secondary N) is 2. The summed E-state index contributed by atoms with van der Waals surface area (Å²) in [4.78, 5) is 0. The molecule has 0 aliphatic carbocycles. The summed E-state index contributed by atoms with van der Waals surface area (Å²) in [6.45, 7) is 6.29. The van der Waals surface area contributed by atoms with Crippen molar-refractivity contribution in [1.29, 1.82) is 0 Å². The molecule has 2 rings (SSSR count). The van der Waals surface area contributed by atoms with Gasteiger partial charge in [0.15, 0.2) is 5.11 Å². The largest absolute Gasteiger partial charge is 0.356 e. The van der Waals surface area contributed by atoms with Crippen molar-refractivity contribution in [2.24, 2.45) is 0 Å². The average Bonchev–Trinajstić information content (AvgIpc) is 2.50. The van der Waals surface area contributed by atoms with E-state index in [9.17, 15) is 4.39 Å². The van der Waals surface area contributed by atoms with Gasteiger partial charge in [0.2, 0.25) is 0 Å². The summed E-state index contributed by atoms with van der Waals surface area (Å²) < 4.78 is 13.6. The van der Waals surface area contributed by atoms with Crippen LogP contribution < -0.4 is 10.6 Å². The normalized spacial score (nSPS) is 11.8. The fraction of sp³-hybridized carbons (Fsp3) is 0.278. The first-order valence-electron chi connectivity index (χ1n) is 7.40. The van der Waals surface area contributed by atoms with E-state index in [0.29, 0.717) is 10.8 Å². The van der Waals surface area contributed by atoms with Gasteiger partial charge in [0.05, 0.1) is 11.7 Å². The Hall–Kier alpha value is -1.94. The Balaban J connectivity index is 2.08. The minimum Gasteiger partial charge on any atom is -0.356 e. The van der Waals surface area contributed by atoms with Gasteiger partial charge in [-0.1, -0.05) is 37.3 Å². The van der Waals surface area contributed by atoms with Crippen LogP contribution in [-0.2, 0) is 0 Å². The highest BCUT2D eigenvalue weighted by Crippen LogP contribution is 2.20. The molecule has 0 saturated carbocycles. The van der Waals surface area contributed by atoms with Crippen LogP contribution in [0.4, 0.5) is 10.1 Å². The van der Waals surface area contributed by atoms with Crippen molar-refractivity contribution in [2.75, 3.05) is 5.32 Å². The topological polar surface area (TPSA) is 24.1 Å². The maximum atomic E-state index is 13.6. The van der Waals surface area contributed by atoms with Crippen molar-refractivity contribution in [2.45, 2.75) is 33.2 Å². The van der Waals surface area contributed by atoms with Crippen LogP contribution in [0.25, 0.3) is 0 Å². The van der Waals surface area contributed by atoms with Crippen molar-refractivity contribution < 1.29 is 4.39 Å². The van der Waals surface area contributed by atoms with Gasteiger partial charge in [-0.05, 0) is 61.3 Å². The lowest BCUT2D eigenvalue weighted by molar-refractivity contribution is 0.623. The Morgan fingerprint density at radius 3 is 2.50 bits per heavy atom. The molecule has 2 N–H and O–H groups in total. The molecule has 0 unspecified atom stereocenters. The van der Waals surface area contributed by atoms with Gasteiger partial charge >= 0.3 is 0 Å². The average molecular weight is 316 g/mol. The van der Waals surface area contributed by atoms with Crippen molar-refractivity contribution in [1.82, 2.24) is 5.32 Å². The number of para-hydroxylation sites is 1. The lowest BCUT2D eigenvalue weighted by Gasteiger charge is -2.21. The first kappa shape index (κ1) is 16.4. The fourth-order valence-corrected chi connectivity index (χ4v) is 2.53. The molecule has 0 saturated heterocycles. The standard InChI is InChI=1S/C18H21FN2S/c1-4-16(14-10-9-12(2)13(3)11-14)20-18(22)21-17-8-6-5-7-15(17)19/h5-11,16H,4H2,1-3H3,(H2,20,21,22)/t16-/m1/s1. The van der Waals surface area contributed by atoms with Crippen LogP contribution in [0.3, 0.4) is 0 Å². The Morgan fingerprint density at radius 1 is 1.14 bits per heavy atom. The van der Waals surface area contributed by atoms with E-state index >= 15 is 0 Å². The summed E-state index contributed by atoms with van der Waals surface area (Å²) >= 11 is 5.31. The molecule has 22 heavy (non-hydrogen) atoms. The van der Waals surface area contributed by atoms with Crippen LogP contribution in [0, 0.1) is 19.7 Å². The molecule has 4 heteroatoms. The second-order valence-electron chi connectivity index (χ2n) is 5.38. The first-order valence-corrected chi connectivity index (χ1v) is 7.81. The molecule has 0 heterocycles. The third-order valence-corrected chi connectivity index (χ3v) is 3.99. The first-order chi connectivity index (χ1) is 10.5. The molecule has 1 atom stereocenters. The number of benzene rings is 2. The molecule has 0 fully saturated rings. The molecule has 0 bridgehead atoms. The lowest BCUT2D eigenvalue weighted by atomic mass is 9.99. The van der Waals surface area contributed by atoms with E-state index in [0.717, 1.165) is 6.42 Å². The van der Waals surface area contributed by atoms with Crippen LogP contribution >= 0.6 is 12.2 Å². The minimum atomic E-state index is -0.314. The van der Waals surface area contributed by atoms with Crippen molar-refractivity contribution in [3.63, 3.8) is 0 Å². The van der Waals surface area contributed by atoms with E-state index < -0.39 is 0 Å². The summed E-state index contributed by atoms with van der Waals surface area (Å²) in [5, 5.41) is 6.60. The molecular weight excluding hydrogens is 295 g/mol. The van der Waals surface area contributed by atoms with Crippen LogP contribution in [0.1, 0.15) is 36.1 Å². The fourth-order valence-electron chi connectivity index (χ4n) is 2.28. The number of hydrogen-bond acceptors (Lipinski definition) is 1. The van der Waals surface area contributed by atoms with E-state index in [1.807, 2.05) is 0 Å². The smallest absolute Gasteiger partial charge is 0.171 e. The Morgan fingerprint density at radius 2 is 1.86 bits per heavy atom. The van der Waals surface area contributed by atoms with Gasteiger partial charge in [0.25, 0.3) is 0 Å². The monoisotopic (exact) mass is 316 g/mol. The number of thiocarbonyl (C=S) groups is 1. The zero-order valence-corrected chi connectivity index (χ0v) is 13.9. The molecular formula is C18H21FN2S. The molecule has 0 amide bonds. The van der Waals surface area contributed by atoms with Gasteiger partial charge in [0.1, 0.15) is 5.82 Å². The number of halogens is 1. The molecule has 0 aromatic heterocycles. The lowest BCUT2D eigenvalue weighted by Crippen LogP contribution is -2.32. The SMILES string of the molecule is CC[C@@H](NC(=S)Nc1ccccc1F)c1ccc(C)c(C)c1. The van der Waals surface area contributed by atoms with Crippen LogP contribution in [0.15, 0.2) is 42.5 Å². The van der Waals surface area contributed by atoms with E-state index in [1.54, 1.807) is 18.2 Å². The number of anilines is 1. The third kappa shape index (κ3) is 4.04. The summed E-state index contributed by atoms with van der Waals surface area (Å²) in [7, 11) is 0. The number of hydrogen-bond donors (Lipinski definition) is 2. The summed E-state index contributed by atoms with van der Waals surface area (Å²) in [5.74, 6) is -0.314. The molecule has 0 aliphatic rings. The molecule has 0 radical (unpaired) electrons. The van der Waals surface area contributed by atoms with Crippen molar-refractivity contribution >= 4 is 23.0 Å². The van der Waals surface area contributed by atoms with Crippen LogP contribution in [-0.4, -0.2) is 5.11 Å². The predicted octanol–water partition coefficient (Wildman–Crippen LogP) is 4.88. The van der Waals surface area contributed by atoms with Gasteiger partial charge in [-0.15, -0.1) is 0 Å². The van der Waals surface area contributed by atoms with Crippen molar-refractivity contribution in [3.8, 4) is 0 Å². The maximum absolute atomic E-state index is 13.6. The van der Waals surface area contributed by atoms with Crippen LogP contribution in [0.2, 0.25) is 0 Å². The van der Waals surface area contributed by atoms with Gasteiger partial charge in [-0.2, -0.15) is 0 Å². The van der Waals surface area contributed by atoms with E-state index in [1.165, 1.54) is 22.8 Å². The molecule has 116 valence electrons. The van der Waals surface area contributed by atoms with E-state index in [2.05, 4.69) is 49.6 Å². The molecule has 2 nitrogen and oxygen atoms in total. The zero-order valence-electron chi connectivity index (χ0n) is 13.1. The van der Waals surface area contributed by atoms with Crippen molar-refractivity contribution in [3.05, 3.63) is 65.0 Å². The van der Waals surface area contributed by atoms with E-state index in [4.69, 9.17) is 12.2 Å². The molecule has 0 spiro atoms. The highest BCUT2D eigenvalue weighted by molar-refractivity contribution is 7.80. The zero-order chi connectivity index (χ0) is 16.1. The van der Waals surface area contributed by atoms with Gasteiger partial charge < -0.3 is 10.6 Å². The quantitative estimate of drug-likeness (QED) is 0.786. The Labute approximate surface area is 136 Å². The maximum Gasteiger partial charge on any atom is 0.171 e. The second-order valence-corrected chi connectivity index (χ2v) is 5.79. The molecule has 0 aliphatic heterocycles. The minimum absolute atomic E-state index is 0.103. The van der Waals surface area contributed by atoms with Crippen LogP contribution in [0.5, 0.6) is 0 Å². The number of aryl methyl sites for hydroxylation is 2. The molecule has 2 aromatic carbocycles. The van der Waals surface area contributed by atoms with Gasteiger partial charge in [-0.3, -0.25) is 0 Å². The highest BCUT2D eigenvalue weighted by Gasteiger charge is 2.12. The number of rotatable bonds is 4. The summed E-state index contributed by atoms with van der Waals surface area (Å²) in [5.41, 5.74) is 4.09. The summed E-state index contributed by atoms with van der Waals surface area (Å²) in [6, 6.07) is 13.0. The predicted molar refractivity (Wildman–Crippen MR) is 94.7 cm³/mol. The summed E-state index contributed by atoms with van der Waals surface area (Å²) in [6.07, 6.45) is 0.890. The highest BCUT2D eigenvalue weighted by atomic mass is 32.1. The molecule has 2 aromatic rings. The third-order valence-electron chi connectivity index (χ3n) is 3.77. The second kappa shape index (κ2) is 7.36.